The largest absolute Gasteiger partial charge is 0.755 e. The molecule has 3 aromatic rings. The number of methoxy groups -OCH3 is 2. The zero-order chi connectivity index (χ0) is 29.5. The van der Waals surface area contributed by atoms with Gasteiger partial charge >= 0.3 is 6.09 Å². The van der Waals surface area contributed by atoms with Crippen molar-refractivity contribution >= 4 is 23.3 Å². The summed E-state index contributed by atoms with van der Waals surface area (Å²) in [6.07, 6.45) is 1.77. The highest BCUT2D eigenvalue weighted by atomic mass is 32.2. The van der Waals surface area contributed by atoms with E-state index in [-0.39, 0.29) is 11.7 Å². The maximum Gasteiger partial charge on any atom is 0.415 e. The minimum atomic E-state index is -2.70. The van der Waals surface area contributed by atoms with E-state index in [4.69, 9.17) is 14.6 Å². The summed E-state index contributed by atoms with van der Waals surface area (Å²) in [6, 6.07) is 20.4. The number of carbonyl (C=O) groups is 2. The van der Waals surface area contributed by atoms with Gasteiger partial charge in [-0.2, -0.15) is 0 Å². The second kappa shape index (κ2) is 16.9. The third-order valence-corrected chi connectivity index (χ3v) is 6.34. The summed E-state index contributed by atoms with van der Waals surface area (Å²) in [5, 5.41) is 7.58. The molecular weight excluding hydrogens is 539 g/mol. The van der Waals surface area contributed by atoms with Gasteiger partial charge in [0.25, 0.3) is 5.91 Å². The van der Waals surface area contributed by atoms with Gasteiger partial charge in [-0.25, -0.2) is 9.18 Å². The number of hydrogen-bond donors (Lipinski definition) is 2. The normalized spacial score (nSPS) is 11.0. The van der Waals surface area contributed by atoms with Crippen molar-refractivity contribution < 1.29 is 37.3 Å². The fourth-order valence-electron chi connectivity index (χ4n) is 4.02. The van der Waals surface area contributed by atoms with Gasteiger partial charge in [0.05, 0.1) is 14.2 Å². The van der Waals surface area contributed by atoms with Crippen LogP contribution >= 0.6 is 0 Å². The summed E-state index contributed by atoms with van der Waals surface area (Å²) in [4.78, 5) is 24.7. The molecule has 0 saturated carbocycles. The molecule has 0 spiro atoms. The summed E-state index contributed by atoms with van der Waals surface area (Å²) in [6.45, 7) is 3.17. The molecule has 0 aliphatic rings. The Bertz CT molecular complexity index is 1220. The van der Waals surface area contributed by atoms with Crippen LogP contribution in [0.15, 0.2) is 66.7 Å². The molecule has 1 atom stereocenters. The molecule has 0 fully saturated rings. The summed E-state index contributed by atoms with van der Waals surface area (Å²) in [5.41, 5.74) is 3.74. The molecule has 3 aromatic carbocycles. The number of rotatable bonds is 12. The maximum atomic E-state index is 13.5. The molecule has 0 radical (unpaired) electrons. The first kappa shape index (κ1) is 32.3. The molecule has 2 N–H and O–H groups in total. The maximum absolute atomic E-state index is 13.5. The number of carbonyl (C=O) groups excluding carboxylic acids is 1. The molecule has 0 heterocycles. The molecule has 0 aromatic heterocycles. The van der Waals surface area contributed by atoms with Crippen molar-refractivity contribution in [1.29, 1.82) is 0 Å². The van der Waals surface area contributed by atoms with Crippen LogP contribution in [0.4, 0.5) is 9.18 Å². The summed E-state index contributed by atoms with van der Waals surface area (Å²) in [7, 11) is 3.19. The highest BCUT2D eigenvalue weighted by Gasteiger charge is 2.19. The number of hydrogen-bond acceptors (Lipinski definition) is 6. The average Bonchev–Trinajstić information content (AvgIpc) is 2.93. The number of amides is 2. The quantitative estimate of drug-likeness (QED) is 0.295. The minimum Gasteiger partial charge on any atom is -0.755 e. The van der Waals surface area contributed by atoms with Gasteiger partial charge in [-0.05, 0) is 68.0 Å². The Kier molecular flexibility index (Phi) is 13.6. The monoisotopic (exact) mass is 573 g/mol. The smallest absolute Gasteiger partial charge is 0.415 e. The molecule has 0 bridgehead atoms. The fraction of sp³-hybridized carbons (Fsp3) is 0.310. The van der Waals surface area contributed by atoms with Crippen LogP contribution in [0.25, 0.3) is 0 Å². The van der Waals surface area contributed by atoms with Gasteiger partial charge in [-0.15, -0.1) is 0 Å². The molecule has 0 saturated heterocycles. The van der Waals surface area contributed by atoms with E-state index in [0.29, 0.717) is 30.2 Å². The molecule has 11 heteroatoms. The summed E-state index contributed by atoms with van der Waals surface area (Å²) >= 11 is -2.70. The first-order chi connectivity index (χ1) is 19.1. The Hall–Kier alpha value is -3.96. The third kappa shape index (κ3) is 11.0. The number of halogens is 1. The Labute approximate surface area is 236 Å². The highest BCUT2D eigenvalue weighted by molar-refractivity contribution is 7.77. The molecule has 0 aliphatic heterocycles. The van der Waals surface area contributed by atoms with Crippen LogP contribution in [0.1, 0.15) is 39.9 Å². The van der Waals surface area contributed by atoms with Crippen molar-refractivity contribution in [3.05, 3.63) is 94.8 Å². The van der Waals surface area contributed by atoms with Crippen molar-refractivity contribution in [2.75, 3.05) is 27.3 Å². The van der Waals surface area contributed by atoms with Crippen molar-refractivity contribution in [3.8, 4) is 11.5 Å². The van der Waals surface area contributed by atoms with Gasteiger partial charge in [0.1, 0.15) is 17.3 Å². The van der Waals surface area contributed by atoms with E-state index in [2.05, 4.69) is 12.1 Å². The molecule has 9 nitrogen and oxygen atoms in total. The lowest BCUT2D eigenvalue weighted by atomic mass is 10.1. The molecule has 3 rings (SSSR count). The van der Waals surface area contributed by atoms with Crippen molar-refractivity contribution in [1.82, 2.24) is 9.62 Å². The van der Waals surface area contributed by atoms with Crippen LogP contribution in [-0.4, -0.2) is 58.1 Å². The first-order valence-electron chi connectivity index (χ1n) is 12.5. The van der Waals surface area contributed by atoms with Crippen LogP contribution in [0, 0.1) is 12.7 Å². The Balaban J connectivity index is 0.000000708. The van der Waals surface area contributed by atoms with E-state index in [9.17, 15) is 22.7 Å². The lowest BCUT2D eigenvalue weighted by Crippen LogP contribution is -2.33. The molecule has 216 valence electrons. The van der Waals surface area contributed by atoms with Crippen LogP contribution < -0.4 is 14.2 Å². The van der Waals surface area contributed by atoms with Crippen LogP contribution in [0.2, 0.25) is 0 Å². The van der Waals surface area contributed by atoms with Crippen molar-refractivity contribution in [3.63, 3.8) is 0 Å². The van der Waals surface area contributed by atoms with Gasteiger partial charge in [0.15, 0.2) is 0 Å². The molecule has 0 aliphatic carbocycles. The topological polar surface area (TPSA) is 128 Å². The zero-order valence-corrected chi connectivity index (χ0v) is 23.5. The Morgan fingerprint density at radius 3 is 1.85 bits per heavy atom. The highest BCUT2D eigenvalue weighted by Crippen LogP contribution is 2.30. The summed E-state index contributed by atoms with van der Waals surface area (Å²) in [5.74, 6) is 0.985. The van der Waals surface area contributed by atoms with Crippen LogP contribution in [-0.2, 0) is 24.1 Å². The van der Waals surface area contributed by atoms with E-state index in [1.54, 1.807) is 38.5 Å². The van der Waals surface area contributed by atoms with Crippen LogP contribution in [0.3, 0.4) is 0 Å². The standard InChI is InChI=1S/C28H32FNO3.CH3NO4S/c1-21-26(32-2)19-24(20-27(21)33-3)28(31)30(17-7-11-22-9-5-4-6-10-22)18-8-12-23-13-15-25(29)16-14-23;3-1(4)2-7(5)6/h4-6,9-10,13-16,19-20H,7-8,11-12,17-18H2,1-3H3;2H,(H,3,4)(H,5,6)/p-1. The molecule has 1 unspecified atom stereocenters. The van der Waals surface area contributed by atoms with Crippen LogP contribution in [0.5, 0.6) is 11.5 Å². The second-order valence-corrected chi connectivity index (χ2v) is 9.43. The van der Waals surface area contributed by atoms with E-state index < -0.39 is 17.4 Å². The number of nitrogens with zero attached hydrogens (tertiary/aromatic N) is 1. The van der Waals surface area contributed by atoms with Gasteiger partial charge in [-0.3, -0.25) is 13.7 Å². The number of nitrogens with one attached hydrogen (secondary N) is 1. The molecule has 40 heavy (non-hydrogen) atoms. The first-order valence-corrected chi connectivity index (χ1v) is 13.6. The lowest BCUT2D eigenvalue weighted by molar-refractivity contribution is 0.0751. The van der Waals surface area contributed by atoms with E-state index in [1.165, 1.54) is 17.7 Å². The minimum absolute atomic E-state index is 0.0428. The molecule has 2 amide bonds. The number of benzene rings is 3. The SMILES string of the molecule is COc1cc(C(=O)N(CCCc2ccccc2)CCCc2ccc(F)cc2)cc(OC)c1C.O=C(O)NS(=O)[O-]. The Morgan fingerprint density at radius 1 is 0.925 bits per heavy atom. The van der Waals surface area contributed by atoms with Crippen molar-refractivity contribution in [2.24, 2.45) is 0 Å². The fourth-order valence-corrected chi connectivity index (χ4v) is 4.16. The van der Waals surface area contributed by atoms with Gasteiger partial charge in [0.2, 0.25) is 0 Å². The predicted octanol–water partition coefficient (Wildman–Crippen LogP) is 4.91. The van der Waals surface area contributed by atoms with Gasteiger partial charge in [-0.1, -0.05) is 42.5 Å². The summed E-state index contributed by atoms with van der Waals surface area (Å²) < 4.78 is 43.9. The van der Waals surface area contributed by atoms with E-state index >= 15 is 0 Å². The number of ether oxygens (including phenoxy) is 2. The van der Waals surface area contributed by atoms with Gasteiger partial charge in [0, 0.05) is 35.5 Å². The lowest BCUT2D eigenvalue weighted by Gasteiger charge is -2.24. The third-order valence-electron chi connectivity index (χ3n) is 6.00. The van der Waals surface area contributed by atoms with Crippen molar-refractivity contribution in [2.45, 2.75) is 32.6 Å². The van der Waals surface area contributed by atoms with E-state index in [0.717, 1.165) is 41.5 Å². The predicted molar refractivity (Wildman–Crippen MR) is 150 cm³/mol. The van der Waals surface area contributed by atoms with Gasteiger partial charge < -0.3 is 24.0 Å². The second-order valence-electron chi connectivity index (χ2n) is 8.76. The zero-order valence-electron chi connectivity index (χ0n) is 22.7. The number of carboxylic acid groups (broad SMARTS) is 1. The number of aryl methyl sites for hydroxylation is 2. The average molecular weight is 574 g/mol. The Morgan fingerprint density at radius 2 is 1.43 bits per heavy atom. The molecular formula is C29H34FN2O7S-. The van der Waals surface area contributed by atoms with E-state index in [1.807, 2.05) is 30.0 Å².